The van der Waals surface area contributed by atoms with Crippen molar-refractivity contribution in [1.29, 1.82) is 5.26 Å². The molecule has 2 aromatic carbocycles. The number of nitrogens with zero attached hydrogens (tertiary/aromatic N) is 4. The number of rotatable bonds is 4. The van der Waals surface area contributed by atoms with Crippen LogP contribution in [0.3, 0.4) is 0 Å². The standard InChI is InChI=1S/C21H21N5O/c22-14-17(21-23-18-8-4-5-9-19(18)24-21)20(27)15-25-10-12-26(13-11-25)16-6-2-1-3-7-16/h1-9,27H,10-13,15H2,(H,23,24). The molecule has 4 rings (SSSR count). The second-order valence-electron chi connectivity index (χ2n) is 6.63. The summed E-state index contributed by atoms with van der Waals surface area (Å²) in [4.78, 5) is 12.0. The Morgan fingerprint density at radius 2 is 1.74 bits per heavy atom. The minimum atomic E-state index is 0.0599. The van der Waals surface area contributed by atoms with Crippen molar-refractivity contribution in [2.45, 2.75) is 0 Å². The molecular weight excluding hydrogens is 338 g/mol. The summed E-state index contributed by atoms with van der Waals surface area (Å²) in [5, 5.41) is 20.1. The Labute approximate surface area is 158 Å². The van der Waals surface area contributed by atoms with Crippen LogP contribution in [0.4, 0.5) is 5.69 Å². The zero-order valence-corrected chi connectivity index (χ0v) is 15.0. The molecule has 136 valence electrons. The first-order valence-corrected chi connectivity index (χ1v) is 9.04. The molecule has 0 atom stereocenters. The van der Waals surface area contributed by atoms with Gasteiger partial charge in [-0.2, -0.15) is 5.26 Å². The molecule has 0 saturated carbocycles. The molecule has 2 N–H and O–H groups in total. The first-order chi connectivity index (χ1) is 13.2. The summed E-state index contributed by atoms with van der Waals surface area (Å²) in [6.45, 7) is 3.80. The molecule has 0 aliphatic carbocycles. The largest absolute Gasteiger partial charge is 0.509 e. The van der Waals surface area contributed by atoms with E-state index in [0.29, 0.717) is 12.4 Å². The van der Waals surface area contributed by atoms with E-state index in [4.69, 9.17) is 0 Å². The highest BCUT2D eigenvalue weighted by Crippen LogP contribution is 2.20. The third-order valence-corrected chi connectivity index (χ3v) is 4.89. The molecule has 1 aliphatic rings. The second kappa shape index (κ2) is 7.52. The lowest BCUT2D eigenvalue weighted by Crippen LogP contribution is -2.47. The summed E-state index contributed by atoms with van der Waals surface area (Å²) in [5.74, 6) is 0.476. The van der Waals surface area contributed by atoms with Gasteiger partial charge in [0, 0.05) is 31.9 Å². The molecule has 1 fully saturated rings. The number of allylic oxidation sites excluding steroid dienone is 1. The molecule has 0 radical (unpaired) electrons. The highest BCUT2D eigenvalue weighted by atomic mass is 16.3. The summed E-state index contributed by atoms with van der Waals surface area (Å²) in [7, 11) is 0. The number of fused-ring (bicyclic) bond motifs is 1. The number of aromatic amines is 1. The first kappa shape index (κ1) is 17.1. The Balaban J connectivity index is 1.46. The van der Waals surface area contributed by atoms with Gasteiger partial charge in [-0.3, -0.25) is 4.90 Å². The van der Waals surface area contributed by atoms with Gasteiger partial charge < -0.3 is 15.0 Å². The average Bonchev–Trinajstić information content (AvgIpc) is 3.13. The Bertz CT molecular complexity index is 961. The highest BCUT2D eigenvalue weighted by molar-refractivity contribution is 5.82. The number of hydrogen-bond acceptors (Lipinski definition) is 5. The van der Waals surface area contributed by atoms with Gasteiger partial charge in [-0.1, -0.05) is 30.3 Å². The van der Waals surface area contributed by atoms with Crippen LogP contribution >= 0.6 is 0 Å². The van der Waals surface area contributed by atoms with Crippen molar-refractivity contribution in [2.24, 2.45) is 0 Å². The van der Waals surface area contributed by atoms with E-state index in [1.165, 1.54) is 5.69 Å². The van der Waals surface area contributed by atoms with E-state index in [9.17, 15) is 10.4 Å². The van der Waals surface area contributed by atoms with Crippen molar-refractivity contribution in [2.75, 3.05) is 37.6 Å². The predicted molar refractivity (Wildman–Crippen MR) is 106 cm³/mol. The third kappa shape index (κ3) is 3.64. The molecule has 1 aliphatic heterocycles. The fourth-order valence-corrected chi connectivity index (χ4v) is 3.42. The van der Waals surface area contributed by atoms with Crippen LogP contribution in [0.25, 0.3) is 16.6 Å². The van der Waals surface area contributed by atoms with Gasteiger partial charge in [0.05, 0.1) is 17.6 Å². The molecule has 0 bridgehead atoms. The quantitative estimate of drug-likeness (QED) is 0.552. The Hall–Kier alpha value is -3.30. The number of imidazole rings is 1. The van der Waals surface area contributed by atoms with Gasteiger partial charge in [-0.25, -0.2) is 4.98 Å². The van der Waals surface area contributed by atoms with E-state index >= 15 is 0 Å². The van der Waals surface area contributed by atoms with Crippen LogP contribution in [0.15, 0.2) is 60.4 Å². The zero-order valence-electron chi connectivity index (χ0n) is 15.0. The van der Waals surface area contributed by atoms with E-state index in [0.717, 1.165) is 37.2 Å². The Morgan fingerprint density at radius 3 is 2.44 bits per heavy atom. The van der Waals surface area contributed by atoms with Gasteiger partial charge in [-0.05, 0) is 24.3 Å². The van der Waals surface area contributed by atoms with Gasteiger partial charge in [0.2, 0.25) is 0 Å². The van der Waals surface area contributed by atoms with E-state index in [1.54, 1.807) is 0 Å². The number of nitriles is 1. The van der Waals surface area contributed by atoms with Crippen molar-refractivity contribution in [3.8, 4) is 6.07 Å². The van der Waals surface area contributed by atoms with Crippen LogP contribution in [0.5, 0.6) is 0 Å². The maximum atomic E-state index is 10.6. The molecule has 0 spiro atoms. The summed E-state index contributed by atoms with van der Waals surface area (Å²) < 4.78 is 0. The number of H-pyrrole nitrogens is 1. The number of anilines is 1. The summed E-state index contributed by atoms with van der Waals surface area (Å²) in [6, 6.07) is 20.0. The molecule has 0 unspecified atom stereocenters. The fourth-order valence-electron chi connectivity index (χ4n) is 3.42. The number of nitrogens with one attached hydrogen (secondary N) is 1. The van der Waals surface area contributed by atoms with Crippen molar-refractivity contribution in [1.82, 2.24) is 14.9 Å². The summed E-state index contributed by atoms with van der Waals surface area (Å²) in [5.41, 5.74) is 3.06. The molecule has 0 amide bonds. The van der Waals surface area contributed by atoms with Crippen molar-refractivity contribution in [3.05, 3.63) is 66.2 Å². The maximum absolute atomic E-state index is 10.6. The van der Waals surface area contributed by atoms with Crippen LogP contribution in [-0.2, 0) is 0 Å². The van der Waals surface area contributed by atoms with Crippen molar-refractivity contribution < 1.29 is 5.11 Å². The van der Waals surface area contributed by atoms with Crippen molar-refractivity contribution in [3.63, 3.8) is 0 Å². The monoisotopic (exact) mass is 359 g/mol. The number of benzene rings is 2. The van der Waals surface area contributed by atoms with Gasteiger partial charge in [0.1, 0.15) is 17.4 Å². The highest BCUT2D eigenvalue weighted by Gasteiger charge is 2.20. The summed E-state index contributed by atoms with van der Waals surface area (Å²) >= 11 is 0. The second-order valence-corrected chi connectivity index (χ2v) is 6.63. The van der Waals surface area contributed by atoms with Crippen LogP contribution in [-0.4, -0.2) is 52.7 Å². The number of hydrogen-bond donors (Lipinski definition) is 2. The van der Waals surface area contributed by atoms with Crippen molar-refractivity contribution >= 4 is 22.3 Å². The summed E-state index contributed by atoms with van der Waals surface area (Å²) in [6.07, 6.45) is 0. The smallest absolute Gasteiger partial charge is 0.152 e. The van der Waals surface area contributed by atoms with Crippen LogP contribution in [0.2, 0.25) is 0 Å². The minimum absolute atomic E-state index is 0.0599. The molecule has 2 heterocycles. The molecule has 6 heteroatoms. The topological polar surface area (TPSA) is 79.2 Å². The van der Waals surface area contributed by atoms with E-state index in [-0.39, 0.29) is 11.3 Å². The number of piperazine rings is 1. The molecule has 1 aromatic heterocycles. The molecule has 6 nitrogen and oxygen atoms in total. The van der Waals surface area contributed by atoms with Gasteiger partial charge in [0.15, 0.2) is 5.82 Å². The zero-order chi connectivity index (χ0) is 18.6. The Morgan fingerprint density at radius 1 is 1.04 bits per heavy atom. The fraction of sp³-hybridized carbons (Fsp3) is 0.238. The normalized spacial score (nSPS) is 16.2. The lowest BCUT2D eigenvalue weighted by atomic mass is 10.2. The van der Waals surface area contributed by atoms with Crippen LogP contribution in [0, 0.1) is 11.3 Å². The molecular formula is C21H21N5O. The van der Waals surface area contributed by atoms with Gasteiger partial charge >= 0.3 is 0 Å². The molecule has 1 saturated heterocycles. The SMILES string of the molecule is N#CC(=C(O)CN1CCN(c2ccccc2)CC1)c1nc2ccccc2[nH]1. The van der Waals surface area contributed by atoms with Gasteiger partial charge in [-0.15, -0.1) is 0 Å². The molecule has 3 aromatic rings. The minimum Gasteiger partial charge on any atom is -0.509 e. The van der Waals surface area contributed by atoms with Gasteiger partial charge in [0.25, 0.3) is 0 Å². The number of aromatic nitrogens is 2. The van der Waals surface area contributed by atoms with Crippen LogP contribution < -0.4 is 4.90 Å². The number of para-hydroxylation sites is 3. The van der Waals surface area contributed by atoms with E-state index in [2.05, 4.69) is 38.0 Å². The molecule has 27 heavy (non-hydrogen) atoms. The third-order valence-electron chi connectivity index (χ3n) is 4.89. The lowest BCUT2D eigenvalue weighted by Gasteiger charge is -2.35. The lowest BCUT2D eigenvalue weighted by molar-refractivity contribution is 0.239. The Kier molecular flexibility index (Phi) is 4.77. The predicted octanol–water partition coefficient (Wildman–Crippen LogP) is 3.18. The van der Waals surface area contributed by atoms with E-state index in [1.807, 2.05) is 42.5 Å². The van der Waals surface area contributed by atoms with E-state index < -0.39 is 0 Å². The first-order valence-electron chi connectivity index (χ1n) is 9.04. The number of aliphatic hydroxyl groups is 1. The number of aliphatic hydroxyl groups excluding tert-OH is 1. The van der Waals surface area contributed by atoms with Crippen LogP contribution in [0.1, 0.15) is 5.82 Å². The maximum Gasteiger partial charge on any atom is 0.152 e. The average molecular weight is 359 g/mol.